The molecule has 0 spiro atoms. The third-order valence-electron chi connectivity index (χ3n) is 3.15. The van der Waals surface area contributed by atoms with Gasteiger partial charge >= 0.3 is 5.69 Å². The summed E-state index contributed by atoms with van der Waals surface area (Å²) in [6.07, 6.45) is 1.04. The van der Waals surface area contributed by atoms with E-state index >= 15 is 0 Å². The van der Waals surface area contributed by atoms with Crippen LogP contribution in [0.4, 0.5) is 0 Å². The van der Waals surface area contributed by atoms with Gasteiger partial charge in [0.25, 0.3) is 5.56 Å². The molecule has 1 heterocycles. The van der Waals surface area contributed by atoms with E-state index in [0.717, 1.165) is 15.4 Å². The Hall–Kier alpha value is -2.87. The number of hydrogen-bond donors (Lipinski definition) is 1. The van der Waals surface area contributed by atoms with Crippen LogP contribution in [0.25, 0.3) is 5.69 Å². The Morgan fingerprint density at radius 2 is 1.79 bits per heavy atom. The molecule has 24 heavy (non-hydrogen) atoms. The minimum absolute atomic E-state index is 0.513. The maximum Gasteiger partial charge on any atom is 0.349 e. The summed E-state index contributed by atoms with van der Waals surface area (Å²) in [4.78, 5) is 24.9. The van der Waals surface area contributed by atoms with Gasteiger partial charge in [0.1, 0.15) is 23.4 Å². The maximum absolute atomic E-state index is 11.7. The van der Waals surface area contributed by atoms with Gasteiger partial charge in [0.2, 0.25) is 0 Å². The minimum atomic E-state index is -0.602. The summed E-state index contributed by atoms with van der Waals surface area (Å²) in [7, 11) is 1.59. The van der Waals surface area contributed by atoms with Crippen molar-refractivity contribution in [3.05, 3.63) is 74.0 Å². The monoisotopic (exact) mass is 389 g/mol. The minimum Gasteiger partial charge on any atom is -0.496 e. The van der Waals surface area contributed by atoms with E-state index in [1.807, 2.05) is 0 Å². The highest BCUT2D eigenvalue weighted by molar-refractivity contribution is 9.10. The predicted molar refractivity (Wildman–Crippen MR) is 91.2 cm³/mol. The van der Waals surface area contributed by atoms with Gasteiger partial charge in [0.15, 0.2) is 0 Å². The molecule has 3 aromatic rings. The third kappa shape index (κ3) is 3.38. The molecule has 0 amide bonds. The Morgan fingerprint density at radius 1 is 1.08 bits per heavy atom. The number of benzene rings is 2. The van der Waals surface area contributed by atoms with E-state index in [1.54, 1.807) is 49.6 Å². The first-order valence-corrected chi connectivity index (χ1v) is 7.66. The third-order valence-corrected chi connectivity index (χ3v) is 3.77. The van der Waals surface area contributed by atoms with E-state index < -0.39 is 11.2 Å². The number of methoxy groups -OCH3 is 1. The van der Waals surface area contributed by atoms with Crippen LogP contribution in [-0.4, -0.2) is 21.9 Å². The van der Waals surface area contributed by atoms with Crippen molar-refractivity contribution in [2.75, 3.05) is 7.11 Å². The van der Waals surface area contributed by atoms with E-state index in [0.29, 0.717) is 22.9 Å². The van der Waals surface area contributed by atoms with Crippen molar-refractivity contribution in [3.8, 4) is 22.9 Å². The molecule has 2 aromatic carbocycles. The molecule has 1 aromatic heterocycles. The molecule has 0 fully saturated rings. The zero-order chi connectivity index (χ0) is 17.1. The zero-order valence-corrected chi connectivity index (χ0v) is 14.1. The Balaban J connectivity index is 1.83. The summed E-state index contributed by atoms with van der Waals surface area (Å²) in [6.45, 7) is 0. The SMILES string of the molecule is COc1ccc(Oc2ccc(-n3ncc(=O)[nH]c3=O)cc2)cc1Br. The lowest BCUT2D eigenvalue weighted by atomic mass is 10.3. The highest BCUT2D eigenvalue weighted by Gasteiger charge is 2.05. The van der Waals surface area contributed by atoms with Crippen LogP contribution in [0.15, 0.2) is 62.7 Å². The number of aromatic amines is 1. The number of nitrogens with one attached hydrogen (secondary N) is 1. The number of hydrogen-bond acceptors (Lipinski definition) is 5. The molecule has 0 atom stereocenters. The van der Waals surface area contributed by atoms with E-state index in [9.17, 15) is 9.59 Å². The normalized spacial score (nSPS) is 10.4. The number of aromatic nitrogens is 3. The van der Waals surface area contributed by atoms with Crippen molar-refractivity contribution < 1.29 is 9.47 Å². The molecule has 0 aliphatic rings. The molecule has 0 radical (unpaired) electrons. The highest BCUT2D eigenvalue weighted by atomic mass is 79.9. The molecule has 0 aliphatic heterocycles. The average molecular weight is 390 g/mol. The smallest absolute Gasteiger partial charge is 0.349 e. The first kappa shape index (κ1) is 16.0. The Kier molecular flexibility index (Phi) is 4.48. The summed E-state index contributed by atoms with van der Waals surface area (Å²) in [5.41, 5.74) is -0.629. The molecule has 122 valence electrons. The molecule has 3 rings (SSSR count). The number of H-pyrrole nitrogens is 1. The van der Waals surface area contributed by atoms with Gasteiger partial charge in [-0.3, -0.25) is 9.78 Å². The van der Waals surface area contributed by atoms with Gasteiger partial charge in [-0.15, -0.1) is 0 Å². The van der Waals surface area contributed by atoms with E-state index in [-0.39, 0.29) is 0 Å². The van der Waals surface area contributed by atoms with E-state index in [4.69, 9.17) is 9.47 Å². The molecule has 0 bridgehead atoms. The largest absolute Gasteiger partial charge is 0.496 e. The molecule has 0 aliphatic carbocycles. The quantitative estimate of drug-likeness (QED) is 0.740. The average Bonchev–Trinajstić information content (AvgIpc) is 2.56. The molecule has 1 N–H and O–H groups in total. The number of ether oxygens (including phenoxy) is 2. The van der Waals surface area contributed by atoms with Crippen LogP contribution in [0.3, 0.4) is 0 Å². The summed E-state index contributed by atoms with van der Waals surface area (Å²) in [6, 6.07) is 12.1. The standard InChI is InChI=1S/C16H12BrN3O4/c1-23-14-7-6-12(8-13(14)17)24-11-4-2-10(3-5-11)20-16(22)19-15(21)9-18-20/h2-9H,1H3,(H,19,21,22). The van der Waals surface area contributed by atoms with Crippen LogP contribution in [0.2, 0.25) is 0 Å². The first-order valence-electron chi connectivity index (χ1n) is 6.87. The Morgan fingerprint density at radius 3 is 2.42 bits per heavy atom. The lowest BCUT2D eigenvalue weighted by Gasteiger charge is -2.09. The fraction of sp³-hybridized carbons (Fsp3) is 0.0625. The van der Waals surface area contributed by atoms with Crippen LogP contribution in [-0.2, 0) is 0 Å². The Labute approximate surface area is 144 Å². The maximum atomic E-state index is 11.7. The van der Waals surface area contributed by atoms with Gasteiger partial charge in [-0.1, -0.05) is 0 Å². The molecular formula is C16H12BrN3O4. The molecule has 8 heteroatoms. The van der Waals surface area contributed by atoms with Gasteiger partial charge < -0.3 is 9.47 Å². The summed E-state index contributed by atoms with van der Waals surface area (Å²) >= 11 is 3.40. The fourth-order valence-electron chi connectivity index (χ4n) is 2.04. The van der Waals surface area contributed by atoms with Crippen molar-refractivity contribution in [1.82, 2.24) is 14.8 Å². The fourth-order valence-corrected chi connectivity index (χ4v) is 2.56. The van der Waals surface area contributed by atoms with E-state index in [2.05, 4.69) is 26.0 Å². The second kappa shape index (κ2) is 6.71. The van der Waals surface area contributed by atoms with Crippen molar-refractivity contribution in [2.24, 2.45) is 0 Å². The summed E-state index contributed by atoms with van der Waals surface area (Å²) in [5.74, 6) is 1.93. The van der Waals surface area contributed by atoms with E-state index in [1.165, 1.54) is 0 Å². The number of halogens is 1. The molecule has 0 saturated carbocycles. The second-order valence-corrected chi connectivity index (χ2v) is 5.60. The van der Waals surface area contributed by atoms with Crippen LogP contribution >= 0.6 is 15.9 Å². The van der Waals surface area contributed by atoms with Crippen molar-refractivity contribution in [3.63, 3.8) is 0 Å². The first-order chi connectivity index (χ1) is 11.6. The lowest BCUT2D eigenvalue weighted by molar-refractivity contribution is 0.410. The van der Waals surface area contributed by atoms with Crippen LogP contribution < -0.4 is 20.7 Å². The second-order valence-electron chi connectivity index (χ2n) is 4.74. The number of rotatable bonds is 4. The van der Waals surface area contributed by atoms with Crippen molar-refractivity contribution >= 4 is 15.9 Å². The Bertz CT molecular complexity index is 980. The van der Waals surface area contributed by atoms with Crippen molar-refractivity contribution in [2.45, 2.75) is 0 Å². The number of nitrogens with zero attached hydrogens (tertiary/aromatic N) is 2. The zero-order valence-electron chi connectivity index (χ0n) is 12.5. The van der Waals surface area contributed by atoms with Crippen LogP contribution in [0.5, 0.6) is 17.2 Å². The van der Waals surface area contributed by atoms with Gasteiger partial charge in [0.05, 0.1) is 17.3 Å². The molecule has 0 unspecified atom stereocenters. The van der Waals surface area contributed by atoms with Gasteiger partial charge in [-0.25, -0.2) is 4.79 Å². The highest BCUT2D eigenvalue weighted by Crippen LogP contribution is 2.31. The van der Waals surface area contributed by atoms with Gasteiger partial charge in [-0.05, 0) is 58.4 Å². The molecular weight excluding hydrogens is 378 g/mol. The topological polar surface area (TPSA) is 86.2 Å². The predicted octanol–water partition coefficient (Wildman–Crippen LogP) is 2.48. The molecule has 0 saturated heterocycles. The van der Waals surface area contributed by atoms with Gasteiger partial charge in [0, 0.05) is 0 Å². The van der Waals surface area contributed by atoms with Crippen LogP contribution in [0, 0.1) is 0 Å². The summed E-state index contributed by atoms with van der Waals surface area (Å²) in [5, 5.41) is 3.79. The summed E-state index contributed by atoms with van der Waals surface area (Å²) < 4.78 is 12.8. The van der Waals surface area contributed by atoms with Crippen molar-refractivity contribution in [1.29, 1.82) is 0 Å². The van der Waals surface area contributed by atoms with Crippen LogP contribution in [0.1, 0.15) is 0 Å². The molecule has 7 nitrogen and oxygen atoms in total. The van der Waals surface area contributed by atoms with Gasteiger partial charge in [-0.2, -0.15) is 9.78 Å². The lowest BCUT2D eigenvalue weighted by Crippen LogP contribution is -2.30.